The van der Waals surface area contributed by atoms with Crippen LogP contribution >= 0.6 is 11.6 Å². The highest BCUT2D eigenvalue weighted by Gasteiger charge is 2.40. The molecule has 0 heterocycles. The summed E-state index contributed by atoms with van der Waals surface area (Å²) in [5, 5.41) is 34.6. The number of nitrogens with zero attached hydrogens (tertiary/aromatic N) is 1. The van der Waals surface area contributed by atoms with Gasteiger partial charge in [-0.2, -0.15) is 0 Å². The number of aliphatic carboxylic acids is 3. The molecule has 0 aliphatic rings. The van der Waals surface area contributed by atoms with Gasteiger partial charge in [0.15, 0.2) is 5.60 Å². The van der Waals surface area contributed by atoms with Crippen molar-refractivity contribution in [3.63, 3.8) is 0 Å². The molecule has 230 valence electrons. The zero-order valence-electron chi connectivity index (χ0n) is 24.3. The van der Waals surface area contributed by atoms with Crippen molar-refractivity contribution in [3.05, 3.63) is 102 Å². The molecule has 10 heteroatoms. The first-order valence-electron chi connectivity index (χ1n) is 13.9. The highest BCUT2D eigenvalue weighted by atomic mass is 35.5. The van der Waals surface area contributed by atoms with Crippen LogP contribution in [0.3, 0.4) is 0 Å². The minimum Gasteiger partial charge on any atom is -0.494 e. The number of halogens is 1. The molecular weight excluding hydrogens is 574 g/mol. The van der Waals surface area contributed by atoms with Gasteiger partial charge in [-0.3, -0.25) is 9.59 Å². The van der Waals surface area contributed by atoms with Gasteiger partial charge in [0.2, 0.25) is 0 Å². The Kier molecular flexibility index (Phi) is 14.4. The Morgan fingerprint density at radius 1 is 0.744 bits per heavy atom. The summed E-state index contributed by atoms with van der Waals surface area (Å²) in [4.78, 5) is 32.9. The van der Waals surface area contributed by atoms with Crippen molar-refractivity contribution in [2.45, 2.75) is 38.7 Å². The van der Waals surface area contributed by atoms with Gasteiger partial charge >= 0.3 is 17.9 Å². The number of carboxylic acid groups (broad SMARTS) is 3. The summed E-state index contributed by atoms with van der Waals surface area (Å²) in [6, 6.07) is 28.6. The lowest BCUT2D eigenvalue weighted by molar-refractivity contribution is -0.170. The SMILES string of the molecule is CCN(CC)CCCOc1ccc(/C(=C(/Cl)c2ccccc2)c2ccccc2)cc1.O=C(O)CC(O)(CC(=O)O)C(=O)O. The Labute approximate surface area is 256 Å². The van der Waals surface area contributed by atoms with Gasteiger partial charge in [-0.15, -0.1) is 0 Å². The molecule has 4 N–H and O–H groups in total. The number of aliphatic hydroxyl groups is 1. The average molecular weight is 612 g/mol. The number of benzene rings is 3. The minimum atomic E-state index is -2.74. The number of carbonyl (C=O) groups is 3. The van der Waals surface area contributed by atoms with E-state index in [2.05, 4.69) is 43.0 Å². The van der Waals surface area contributed by atoms with Gasteiger partial charge in [0.1, 0.15) is 5.75 Å². The van der Waals surface area contributed by atoms with E-state index in [0.717, 1.165) is 65.7 Å². The summed E-state index contributed by atoms with van der Waals surface area (Å²) in [5.41, 5.74) is 1.47. The highest BCUT2D eigenvalue weighted by molar-refractivity contribution is 6.53. The first-order valence-corrected chi connectivity index (χ1v) is 14.2. The third-order valence-corrected chi connectivity index (χ3v) is 6.93. The molecular formula is C33H38ClNO8. The first kappa shape index (κ1) is 35.0. The molecule has 3 aromatic carbocycles. The number of rotatable bonds is 15. The summed E-state index contributed by atoms with van der Waals surface area (Å²) < 4.78 is 5.96. The summed E-state index contributed by atoms with van der Waals surface area (Å²) in [6.45, 7) is 8.35. The van der Waals surface area contributed by atoms with Crippen LogP contribution in [-0.2, 0) is 14.4 Å². The van der Waals surface area contributed by atoms with Gasteiger partial charge in [0.05, 0.1) is 24.5 Å². The lowest BCUT2D eigenvalue weighted by atomic mass is 9.95. The Morgan fingerprint density at radius 3 is 1.65 bits per heavy atom. The van der Waals surface area contributed by atoms with Crippen molar-refractivity contribution >= 4 is 40.1 Å². The van der Waals surface area contributed by atoms with Crippen LogP contribution in [0, 0.1) is 0 Å². The largest absolute Gasteiger partial charge is 0.494 e. The zero-order chi connectivity index (χ0) is 31.8. The molecule has 0 amide bonds. The van der Waals surface area contributed by atoms with Crippen LogP contribution in [0.1, 0.15) is 49.8 Å². The zero-order valence-corrected chi connectivity index (χ0v) is 25.0. The molecule has 0 spiro atoms. The molecule has 9 nitrogen and oxygen atoms in total. The number of ether oxygens (including phenoxy) is 1. The minimum absolute atomic E-state index is 0.724. The van der Waals surface area contributed by atoms with Crippen molar-refractivity contribution in [1.82, 2.24) is 4.90 Å². The van der Waals surface area contributed by atoms with Gasteiger partial charge in [-0.1, -0.05) is 98.2 Å². The lowest BCUT2D eigenvalue weighted by Crippen LogP contribution is -2.42. The highest BCUT2D eigenvalue weighted by Crippen LogP contribution is 2.35. The quantitative estimate of drug-likeness (QED) is 0.125. The normalized spacial score (nSPS) is 11.7. The van der Waals surface area contributed by atoms with Crippen molar-refractivity contribution in [1.29, 1.82) is 0 Å². The van der Waals surface area contributed by atoms with E-state index >= 15 is 0 Å². The van der Waals surface area contributed by atoms with Crippen molar-refractivity contribution in [2.75, 3.05) is 26.2 Å². The second-order valence-corrected chi connectivity index (χ2v) is 10.0. The monoisotopic (exact) mass is 611 g/mol. The second-order valence-electron chi connectivity index (χ2n) is 9.65. The average Bonchev–Trinajstić information content (AvgIpc) is 2.98. The van der Waals surface area contributed by atoms with E-state index in [1.165, 1.54) is 0 Å². The second kappa shape index (κ2) is 17.7. The maximum Gasteiger partial charge on any atom is 0.336 e. The van der Waals surface area contributed by atoms with E-state index in [1.54, 1.807) is 0 Å². The van der Waals surface area contributed by atoms with E-state index in [0.29, 0.717) is 0 Å². The van der Waals surface area contributed by atoms with E-state index in [-0.39, 0.29) is 0 Å². The molecule has 0 bridgehead atoms. The Hall–Kier alpha value is -4.18. The fraction of sp³-hybridized carbons (Fsp3) is 0.303. The van der Waals surface area contributed by atoms with Crippen molar-refractivity contribution in [3.8, 4) is 5.75 Å². The summed E-state index contributed by atoms with van der Waals surface area (Å²) in [6.07, 6.45) is -1.26. The van der Waals surface area contributed by atoms with Crippen LogP contribution in [0.25, 0.3) is 10.6 Å². The maximum absolute atomic E-state index is 10.3. The third kappa shape index (κ3) is 11.5. The Balaban J connectivity index is 0.000000420. The van der Waals surface area contributed by atoms with E-state index in [4.69, 9.17) is 36.8 Å². The summed E-state index contributed by atoms with van der Waals surface area (Å²) in [7, 11) is 0. The van der Waals surface area contributed by atoms with Crippen molar-refractivity contribution < 1.29 is 39.5 Å². The fourth-order valence-corrected chi connectivity index (χ4v) is 4.55. The Morgan fingerprint density at radius 2 is 1.21 bits per heavy atom. The molecule has 0 unspecified atom stereocenters. The van der Waals surface area contributed by atoms with Gasteiger partial charge in [0, 0.05) is 12.1 Å². The van der Waals surface area contributed by atoms with Gasteiger partial charge in [-0.25, -0.2) is 4.79 Å². The third-order valence-electron chi connectivity index (χ3n) is 6.52. The predicted octanol–water partition coefficient (Wildman–Crippen LogP) is 5.70. The Bertz CT molecular complexity index is 1320. The molecule has 0 aromatic heterocycles. The molecule has 0 radical (unpaired) electrons. The molecule has 0 saturated carbocycles. The maximum atomic E-state index is 10.3. The summed E-state index contributed by atoms with van der Waals surface area (Å²) >= 11 is 6.88. The molecule has 0 saturated heterocycles. The van der Waals surface area contributed by atoms with Crippen LogP contribution in [0.2, 0.25) is 0 Å². The lowest BCUT2D eigenvalue weighted by Gasteiger charge is -2.18. The molecule has 0 atom stereocenters. The van der Waals surface area contributed by atoms with Crippen molar-refractivity contribution in [2.24, 2.45) is 0 Å². The van der Waals surface area contributed by atoms with Gasteiger partial charge in [-0.05, 0) is 48.3 Å². The molecule has 3 rings (SSSR count). The number of carboxylic acids is 3. The first-order chi connectivity index (χ1) is 20.5. The molecule has 0 fully saturated rings. The molecule has 3 aromatic rings. The van der Waals surface area contributed by atoms with Crippen LogP contribution < -0.4 is 4.74 Å². The number of hydrogen-bond donors (Lipinski definition) is 4. The molecule has 0 aliphatic carbocycles. The smallest absolute Gasteiger partial charge is 0.336 e. The van der Waals surface area contributed by atoms with E-state index in [1.807, 2.05) is 60.7 Å². The van der Waals surface area contributed by atoms with Crippen LogP contribution in [-0.4, -0.2) is 75.1 Å². The van der Waals surface area contributed by atoms with E-state index in [9.17, 15) is 14.4 Å². The van der Waals surface area contributed by atoms with Crippen LogP contribution in [0.15, 0.2) is 84.9 Å². The molecule has 0 aliphatic heterocycles. The van der Waals surface area contributed by atoms with E-state index < -0.39 is 36.4 Å². The standard InChI is InChI=1S/C27H30ClNO.C6H8O7/c1-3-29(4-2)20-11-21-30-25-18-16-23(17-19-25)26(22-12-7-5-8-13-22)27(28)24-14-9-6-10-15-24;7-3(8)1-6(13,5(11)12)2-4(9)10/h5-10,12-19H,3-4,11,20-21H2,1-2H3;13H,1-2H2,(H,7,8)(H,9,10)(H,11,12)/b27-26+;. The van der Waals surface area contributed by atoms with Gasteiger partial charge in [0.25, 0.3) is 0 Å². The topological polar surface area (TPSA) is 145 Å². The summed E-state index contributed by atoms with van der Waals surface area (Å²) in [5.74, 6) is -4.13. The fourth-order valence-electron chi connectivity index (χ4n) is 4.20. The van der Waals surface area contributed by atoms with Crippen LogP contribution in [0.4, 0.5) is 0 Å². The predicted molar refractivity (Wildman–Crippen MR) is 166 cm³/mol. The molecule has 43 heavy (non-hydrogen) atoms. The van der Waals surface area contributed by atoms with Crippen LogP contribution in [0.5, 0.6) is 5.75 Å². The van der Waals surface area contributed by atoms with Gasteiger partial charge < -0.3 is 30.1 Å². The number of hydrogen-bond acceptors (Lipinski definition) is 6.